The van der Waals surface area contributed by atoms with Crippen molar-refractivity contribution >= 4 is 17.7 Å². The van der Waals surface area contributed by atoms with Gasteiger partial charge in [-0.1, -0.05) is 11.8 Å². The van der Waals surface area contributed by atoms with Gasteiger partial charge in [-0.2, -0.15) is 0 Å². The number of carbonyl (C=O) groups excluding carboxylic acids is 1. The third kappa shape index (κ3) is 5.43. The van der Waals surface area contributed by atoms with Gasteiger partial charge < -0.3 is 14.8 Å². The first-order valence-electron chi connectivity index (χ1n) is 5.43. The van der Waals surface area contributed by atoms with Gasteiger partial charge in [0.05, 0.1) is 26.0 Å². The number of methoxy groups -OCH3 is 2. The molecule has 0 atom stereocenters. The lowest BCUT2D eigenvalue weighted by atomic mass is 10.6. The largest absolute Gasteiger partial charge is 0.468 e. The molecule has 0 aromatic carbocycles. The van der Waals surface area contributed by atoms with Crippen LogP contribution < -0.4 is 5.32 Å². The summed E-state index contributed by atoms with van der Waals surface area (Å²) in [6.07, 6.45) is 0. The number of carbonyl (C=O) groups is 1. The molecule has 0 aliphatic heterocycles. The van der Waals surface area contributed by atoms with E-state index in [2.05, 4.69) is 25.6 Å². The molecule has 102 valence electrons. The predicted octanol–water partition coefficient (Wildman–Crippen LogP) is -0.826. The number of tetrazole rings is 1. The van der Waals surface area contributed by atoms with E-state index in [4.69, 9.17) is 4.74 Å². The zero-order valence-corrected chi connectivity index (χ0v) is 11.3. The number of rotatable bonds is 9. The van der Waals surface area contributed by atoms with Gasteiger partial charge in [0.25, 0.3) is 0 Å². The van der Waals surface area contributed by atoms with Gasteiger partial charge in [0, 0.05) is 20.2 Å². The number of esters is 1. The summed E-state index contributed by atoms with van der Waals surface area (Å²) in [4.78, 5) is 11.0. The predicted molar refractivity (Wildman–Crippen MR) is 65.3 cm³/mol. The minimum absolute atomic E-state index is 0.202. The van der Waals surface area contributed by atoms with Crippen molar-refractivity contribution in [2.75, 3.05) is 39.7 Å². The third-order valence-corrected chi connectivity index (χ3v) is 2.96. The van der Waals surface area contributed by atoms with E-state index < -0.39 is 0 Å². The van der Waals surface area contributed by atoms with Gasteiger partial charge in [-0.05, 0) is 10.4 Å². The standard InChI is InChI=1S/C9H17N5O3S/c1-16-6-4-10-3-5-14-9(11-12-13-14)18-7-8(15)17-2/h10H,3-7H2,1-2H3. The van der Waals surface area contributed by atoms with E-state index in [1.54, 1.807) is 11.8 Å². The number of aromatic nitrogens is 4. The summed E-state index contributed by atoms with van der Waals surface area (Å²) in [5.74, 6) is -0.0960. The van der Waals surface area contributed by atoms with Gasteiger partial charge in [-0.3, -0.25) is 4.79 Å². The molecule has 0 aliphatic carbocycles. The molecular weight excluding hydrogens is 258 g/mol. The Bertz CT molecular complexity index is 360. The van der Waals surface area contributed by atoms with Crippen molar-refractivity contribution in [2.45, 2.75) is 11.7 Å². The summed E-state index contributed by atoms with van der Waals surface area (Å²) in [7, 11) is 3.01. The molecule has 0 radical (unpaired) electrons. The lowest BCUT2D eigenvalue weighted by Gasteiger charge is -2.05. The Kier molecular flexibility index (Phi) is 7.30. The molecule has 18 heavy (non-hydrogen) atoms. The zero-order chi connectivity index (χ0) is 13.2. The summed E-state index contributed by atoms with van der Waals surface area (Å²) in [6.45, 7) is 2.82. The highest BCUT2D eigenvalue weighted by atomic mass is 32.2. The molecule has 0 amide bonds. The lowest BCUT2D eigenvalue weighted by Crippen LogP contribution is -2.24. The van der Waals surface area contributed by atoms with Gasteiger partial charge in [-0.15, -0.1) is 5.10 Å². The third-order valence-electron chi connectivity index (χ3n) is 2.03. The average Bonchev–Trinajstić information content (AvgIpc) is 2.83. The number of thioether (sulfide) groups is 1. The Hall–Kier alpha value is -1.19. The lowest BCUT2D eigenvalue weighted by molar-refractivity contribution is -0.137. The molecule has 0 fully saturated rings. The average molecular weight is 275 g/mol. The first kappa shape index (κ1) is 14.9. The van der Waals surface area contributed by atoms with Crippen molar-refractivity contribution in [3.8, 4) is 0 Å². The Morgan fingerprint density at radius 3 is 3.00 bits per heavy atom. The molecule has 8 nitrogen and oxygen atoms in total. The van der Waals surface area contributed by atoms with E-state index in [0.29, 0.717) is 18.3 Å². The maximum absolute atomic E-state index is 11.0. The van der Waals surface area contributed by atoms with Crippen LogP contribution in [0.5, 0.6) is 0 Å². The molecule has 0 bridgehead atoms. The summed E-state index contributed by atoms with van der Waals surface area (Å²) in [6, 6.07) is 0. The molecule has 0 saturated heterocycles. The van der Waals surface area contributed by atoms with Gasteiger partial charge in [0.1, 0.15) is 0 Å². The highest BCUT2D eigenvalue weighted by Crippen LogP contribution is 2.12. The van der Waals surface area contributed by atoms with E-state index in [0.717, 1.165) is 13.1 Å². The van der Waals surface area contributed by atoms with Crippen LogP contribution in [0, 0.1) is 0 Å². The maximum atomic E-state index is 11.0. The van der Waals surface area contributed by atoms with Crippen molar-refractivity contribution in [1.82, 2.24) is 25.5 Å². The van der Waals surface area contributed by atoms with Crippen LogP contribution in [-0.4, -0.2) is 65.8 Å². The highest BCUT2D eigenvalue weighted by Gasteiger charge is 2.09. The number of hydrogen-bond donors (Lipinski definition) is 1. The van der Waals surface area contributed by atoms with E-state index >= 15 is 0 Å². The fraction of sp³-hybridized carbons (Fsp3) is 0.778. The zero-order valence-electron chi connectivity index (χ0n) is 10.5. The van der Waals surface area contributed by atoms with E-state index in [1.165, 1.54) is 18.9 Å². The maximum Gasteiger partial charge on any atom is 0.316 e. The minimum Gasteiger partial charge on any atom is -0.468 e. The van der Waals surface area contributed by atoms with Crippen molar-refractivity contribution in [3.63, 3.8) is 0 Å². The molecule has 1 aromatic heterocycles. The number of nitrogens with zero attached hydrogens (tertiary/aromatic N) is 4. The van der Waals surface area contributed by atoms with E-state index in [9.17, 15) is 4.79 Å². The fourth-order valence-corrected chi connectivity index (χ4v) is 1.84. The second-order valence-electron chi connectivity index (χ2n) is 3.29. The van der Waals surface area contributed by atoms with E-state index in [-0.39, 0.29) is 11.7 Å². The molecule has 0 spiro atoms. The van der Waals surface area contributed by atoms with Gasteiger partial charge >= 0.3 is 5.97 Å². The highest BCUT2D eigenvalue weighted by molar-refractivity contribution is 7.99. The summed E-state index contributed by atoms with van der Waals surface area (Å²) in [5, 5.41) is 15.1. The van der Waals surface area contributed by atoms with Crippen molar-refractivity contribution in [1.29, 1.82) is 0 Å². The minimum atomic E-state index is -0.298. The normalized spacial score (nSPS) is 10.6. The van der Waals surface area contributed by atoms with Crippen LogP contribution in [0.15, 0.2) is 5.16 Å². The van der Waals surface area contributed by atoms with Crippen LogP contribution >= 0.6 is 11.8 Å². The Morgan fingerprint density at radius 1 is 1.44 bits per heavy atom. The van der Waals surface area contributed by atoms with E-state index in [1.807, 2.05) is 0 Å². The molecule has 1 N–H and O–H groups in total. The topological polar surface area (TPSA) is 91.2 Å². The first-order chi connectivity index (χ1) is 8.77. The second kappa shape index (κ2) is 8.84. The Balaban J connectivity index is 2.28. The summed E-state index contributed by atoms with van der Waals surface area (Å²) in [5.41, 5.74) is 0. The number of hydrogen-bond acceptors (Lipinski definition) is 8. The molecule has 1 aromatic rings. The monoisotopic (exact) mass is 275 g/mol. The molecular formula is C9H17N5O3S. The van der Waals surface area contributed by atoms with Crippen LogP contribution in [0.4, 0.5) is 0 Å². The fourth-order valence-electron chi connectivity index (χ4n) is 1.11. The molecule has 1 heterocycles. The second-order valence-corrected chi connectivity index (χ2v) is 4.23. The van der Waals surface area contributed by atoms with Gasteiger partial charge in [-0.25, -0.2) is 4.68 Å². The Morgan fingerprint density at radius 2 is 2.28 bits per heavy atom. The quantitative estimate of drug-likeness (QED) is 0.355. The molecule has 1 rings (SSSR count). The van der Waals surface area contributed by atoms with Crippen LogP contribution in [-0.2, 0) is 20.8 Å². The Labute approximate surface area is 109 Å². The smallest absolute Gasteiger partial charge is 0.316 e. The van der Waals surface area contributed by atoms with Crippen LogP contribution in [0.1, 0.15) is 0 Å². The number of nitrogens with one attached hydrogen (secondary N) is 1. The first-order valence-corrected chi connectivity index (χ1v) is 6.42. The summed E-state index contributed by atoms with van der Waals surface area (Å²) >= 11 is 1.25. The molecule has 0 unspecified atom stereocenters. The van der Waals surface area contributed by atoms with Gasteiger partial charge in [0.2, 0.25) is 5.16 Å². The van der Waals surface area contributed by atoms with Crippen LogP contribution in [0.3, 0.4) is 0 Å². The summed E-state index contributed by atoms with van der Waals surface area (Å²) < 4.78 is 11.1. The van der Waals surface area contributed by atoms with Crippen LogP contribution in [0.2, 0.25) is 0 Å². The molecule has 9 heteroatoms. The number of ether oxygens (including phenoxy) is 2. The molecule has 0 saturated carbocycles. The SMILES string of the molecule is COCCNCCn1nnnc1SCC(=O)OC. The van der Waals surface area contributed by atoms with Crippen molar-refractivity contribution in [3.05, 3.63) is 0 Å². The van der Waals surface area contributed by atoms with Crippen LogP contribution in [0.25, 0.3) is 0 Å². The molecule has 0 aliphatic rings. The van der Waals surface area contributed by atoms with Gasteiger partial charge in [0.15, 0.2) is 0 Å². The van der Waals surface area contributed by atoms with Crippen molar-refractivity contribution in [2.24, 2.45) is 0 Å². The van der Waals surface area contributed by atoms with Crippen molar-refractivity contribution < 1.29 is 14.3 Å².